The summed E-state index contributed by atoms with van der Waals surface area (Å²) in [5, 5.41) is 2.69. The second kappa shape index (κ2) is 7.29. The van der Waals surface area contributed by atoms with Gasteiger partial charge in [-0.1, -0.05) is 6.92 Å². The largest absolute Gasteiger partial charge is 0.481 e. The Labute approximate surface area is 131 Å². The molecule has 1 aromatic rings. The number of anilines is 1. The van der Waals surface area contributed by atoms with E-state index >= 15 is 0 Å². The second-order valence-corrected chi connectivity index (χ2v) is 5.97. The lowest BCUT2D eigenvalue weighted by Crippen LogP contribution is -2.44. The topological polar surface area (TPSA) is 58.6 Å². The van der Waals surface area contributed by atoms with Gasteiger partial charge in [0.25, 0.3) is 5.91 Å². The first-order valence-electron chi connectivity index (χ1n) is 7.79. The van der Waals surface area contributed by atoms with E-state index in [1.807, 2.05) is 4.90 Å². The summed E-state index contributed by atoms with van der Waals surface area (Å²) in [5.74, 6) is 1.25. The minimum Gasteiger partial charge on any atom is -0.481 e. The van der Waals surface area contributed by atoms with Crippen molar-refractivity contribution in [2.24, 2.45) is 5.92 Å². The first kappa shape index (κ1) is 16.3. The maximum atomic E-state index is 12.4. The molecule has 1 aliphatic rings. The average molecular weight is 304 g/mol. The predicted octanol–water partition coefficient (Wildman–Crippen LogP) is 2.67. The standard InChI is InChI=1S/C17H24N2O3/c1-12-8-10-19(11-9-12)17(21)13(2)22-16-6-4-15(5-7-16)18-14(3)20/h4-7,12-13H,8-11H2,1-3H3,(H,18,20). The molecule has 1 heterocycles. The minimum absolute atomic E-state index is 0.0397. The molecule has 5 heteroatoms. The Kier molecular flexibility index (Phi) is 5.41. The van der Waals surface area contributed by atoms with Gasteiger partial charge in [-0.2, -0.15) is 0 Å². The molecule has 0 saturated carbocycles. The first-order chi connectivity index (χ1) is 10.5. The summed E-state index contributed by atoms with van der Waals surface area (Å²) < 4.78 is 5.71. The van der Waals surface area contributed by atoms with Gasteiger partial charge >= 0.3 is 0 Å². The van der Waals surface area contributed by atoms with Gasteiger partial charge in [0, 0.05) is 25.7 Å². The Morgan fingerprint density at radius 1 is 1.23 bits per heavy atom. The molecule has 0 aromatic heterocycles. The highest BCUT2D eigenvalue weighted by atomic mass is 16.5. The van der Waals surface area contributed by atoms with Crippen molar-refractivity contribution in [1.82, 2.24) is 4.90 Å². The normalized spacial score (nSPS) is 17.0. The van der Waals surface area contributed by atoms with Crippen LogP contribution < -0.4 is 10.1 Å². The van der Waals surface area contributed by atoms with Crippen LogP contribution >= 0.6 is 0 Å². The second-order valence-electron chi connectivity index (χ2n) is 5.97. The maximum absolute atomic E-state index is 12.4. The molecule has 0 aliphatic carbocycles. The van der Waals surface area contributed by atoms with Crippen LogP contribution in [0.1, 0.15) is 33.6 Å². The number of piperidine rings is 1. The summed E-state index contributed by atoms with van der Waals surface area (Å²) in [6.45, 7) is 7.09. The number of benzene rings is 1. The van der Waals surface area contributed by atoms with Crippen molar-refractivity contribution in [3.8, 4) is 5.75 Å². The Morgan fingerprint density at radius 2 is 1.82 bits per heavy atom. The SMILES string of the molecule is CC(=O)Nc1ccc(OC(C)C(=O)N2CCC(C)CC2)cc1. The number of amides is 2. The van der Waals surface area contributed by atoms with Crippen LogP contribution in [-0.2, 0) is 9.59 Å². The summed E-state index contributed by atoms with van der Waals surface area (Å²) in [7, 11) is 0. The van der Waals surface area contributed by atoms with Crippen LogP contribution in [0.2, 0.25) is 0 Å². The van der Waals surface area contributed by atoms with Crippen molar-refractivity contribution in [2.75, 3.05) is 18.4 Å². The van der Waals surface area contributed by atoms with Crippen LogP contribution in [0.15, 0.2) is 24.3 Å². The monoisotopic (exact) mass is 304 g/mol. The Balaban J connectivity index is 1.89. The average Bonchev–Trinajstić information content (AvgIpc) is 2.49. The van der Waals surface area contributed by atoms with Crippen LogP contribution in [0.4, 0.5) is 5.69 Å². The zero-order valence-electron chi connectivity index (χ0n) is 13.5. The fraction of sp³-hybridized carbons (Fsp3) is 0.529. The molecule has 2 amide bonds. The molecule has 0 radical (unpaired) electrons. The third kappa shape index (κ3) is 4.48. The van der Waals surface area contributed by atoms with Crippen LogP contribution in [0.5, 0.6) is 5.75 Å². The van der Waals surface area contributed by atoms with Gasteiger partial charge in [0.05, 0.1) is 0 Å². The smallest absolute Gasteiger partial charge is 0.263 e. The number of carbonyl (C=O) groups is 2. The molecule has 0 spiro atoms. The van der Waals surface area contributed by atoms with Gasteiger partial charge in [-0.3, -0.25) is 9.59 Å². The number of likely N-dealkylation sites (tertiary alicyclic amines) is 1. The lowest BCUT2D eigenvalue weighted by atomic mass is 9.99. The van der Waals surface area contributed by atoms with Crippen molar-refractivity contribution < 1.29 is 14.3 Å². The van der Waals surface area contributed by atoms with Crippen molar-refractivity contribution in [1.29, 1.82) is 0 Å². The number of ether oxygens (including phenoxy) is 1. The highest BCUT2D eigenvalue weighted by molar-refractivity contribution is 5.88. The minimum atomic E-state index is -0.500. The van der Waals surface area contributed by atoms with E-state index in [1.54, 1.807) is 31.2 Å². The Morgan fingerprint density at radius 3 is 2.36 bits per heavy atom. The molecule has 1 N–H and O–H groups in total. The molecule has 2 rings (SSSR count). The van der Waals surface area contributed by atoms with Gasteiger partial charge in [0.15, 0.2) is 6.10 Å². The van der Waals surface area contributed by atoms with Gasteiger partial charge in [-0.15, -0.1) is 0 Å². The Hall–Kier alpha value is -2.04. The zero-order chi connectivity index (χ0) is 16.1. The number of nitrogens with one attached hydrogen (secondary N) is 1. The third-order valence-corrected chi connectivity index (χ3v) is 3.93. The Bertz CT molecular complexity index is 519. The van der Waals surface area contributed by atoms with E-state index in [1.165, 1.54) is 6.92 Å². The van der Waals surface area contributed by atoms with Gasteiger partial charge in [-0.25, -0.2) is 0 Å². The quantitative estimate of drug-likeness (QED) is 0.930. The van der Waals surface area contributed by atoms with E-state index < -0.39 is 6.10 Å². The fourth-order valence-corrected chi connectivity index (χ4v) is 2.56. The van der Waals surface area contributed by atoms with Crippen LogP contribution in [0.3, 0.4) is 0 Å². The number of rotatable bonds is 4. The molecular weight excluding hydrogens is 280 g/mol. The van der Waals surface area contributed by atoms with Crippen molar-refractivity contribution in [2.45, 2.75) is 39.7 Å². The molecule has 120 valence electrons. The third-order valence-electron chi connectivity index (χ3n) is 3.93. The maximum Gasteiger partial charge on any atom is 0.263 e. The number of nitrogens with zero attached hydrogens (tertiary/aromatic N) is 1. The highest BCUT2D eigenvalue weighted by Gasteiger charge is 2.25. The summed E-state index contributed by atoms with van der Waals surface area (Å²) in [4.78, 5) is 25.2. The number of hydrogen-bond acceptors (Lipinski definition) is 3. The van der Waals surface area contributed by atoms with E-state index in [4.69, 9.17) is 4.74 Å². The van der Waals surface area contributed by atoms with Crippen LogP contribution in [0, 0.1) is 5.92 Å². The van der Waals surface area contributed by atoms with E-state index in [2.05, 4.69) is 12.2 Å². The predicted molar refractivity (Wildman–Crippen MR) is 85.8 cm³/mol. The van der Waals surface area contributed by atoms with Gasteiger partial charge in [-0.05, 0) is 49.9 Å². The van der Waals surface area contributed by atoms with Gasteiger partial charge < -0.3 is 15.0 Å². The summed E-state index contributed by atoms with van der Waals surface area (Å²) >= 11 is 0. The van der Waals surface area contributed by atoms with Gasteiger partial charge in [0.2, 0.25) is 5.91 Å². The molecule has 1 aliphatic heterocycles. The van der Waals surface area contributed by atoms with Crippen molar-refractivity contribution in [3.63, 3.8) is 0 Å². The molecule has 1 saturated heterocycles. The molecule has 1 unspecified atom stereocenters. The summed E-state index contributed by atoms with van der Waals surface area (Å²) in [6, 6.07) is 7.04. The van der Waals surface area contributed by atoms with E-state index in [0.717, 1.165) is 25.9 Å². The lowest BCUT2D eigenvalue weighted by Gasteiger charge is -2.32. The molecule has 1 fully saturated rings. The number of hydrogen-bond donors (Lipinski definition) is 1. The van der Waals surface area contributed by atoms with Crippen LogP contribution in [-0.4, -0.2) is 35.9 Å². The van der Waals surface area contributed by atoms with E-state index in [-0.39, 0.29) is 11.8 Å². The van der Waals surface area contributed by atoms with E-state index in [0.29, 0.717) is 17.4 Å². The van der Waals surface area contributed by atoms with Crippen molar-refractivity contribution >= 4 is 17.5 Å². The summed E-state index contributed by atoms with van der Waals surface area (Å²) in [6.07, 6.45) is 1.62. The highest BCUT2D eigenvalue weighted by Crippen LogP contribution is 2.20. The fourth-order valence-electron chi connectivity index (χ4n) is 2.56. The van der Waals surface area contributed by atoms with Crippen molar-refractivity contribution in [3.05, 3.63) is 24.3 Å². The molecular formula is C17H24N2O3. The molecule has 22 heavy (non-hydrogen) atoms. The first-order valence-corrected chi connectivity index (χ1v) is 7.79. The van der Waals surface area contributed by atoms with E-state index in [9.17, 15) is 9.59 Å². The molecule has 1 aromatic carbocycles. The molecule has 0 bridgehead atoms. The summed E-state index contributed by atoms with van der Waals surface area (Å²) in [5.41, 5.74) is 0.712. The molecule has 5 nitrogen and oxygen atoms in total. The number of carbonyl (C=O) groups excluding carboxylic acids is 2. The van der Waals surface area contributed by atoms with Gasteiger partial charge in [0.1, 0.15) is 5.75 Å². The van der Waals surface area contributed by atoms with Crippen LogP contribution in [0.25, 0.3) is 0 Å². The lowest BCUT2D eigenvalue weighted by molar-refractivity contribution is -0.139. The zero-order valence-corrected chi connectivity index (χ0v) is 13.5. The molecule has 1 atom stereocenters.